The van der Waals surface area contributed by atoms with Gasteiger partial charge in [-0.25, -0.2) is 0 Å². The maximum atomic E-state index is 12.2. The van der Waals surface area contributed by atoms with Crippen LogP contribution in [0.5, 0.6) is 0 Å². The standard InChI is InChI=1S/C27H32ClN3O/c1-21(30-17-14-22-8-5-9-25(28)19-22)18-23-10-12-26(13-11-23)31-27(32)15-16-29-20-24-6-3-2-4-7-24/h2-13,19,21,29-30H,14-18,20H2,1H3,(H,31,32). The molecule has 0 bridgehead atoms. The van der Waals surface area contributed by atoms with E-state index >= 15 is 0 Å². The predicted octanol–water partition coefficient (Wildman–Crippen LogP) is 5.22. The lowest BCUT2D eigenvalue weighted by molar-refractivity contribution is -0.116. The first-order valence-electron chi connectivity index (χ1n) is 11.2. The smallest absolute Gasteiger partial charge is 0.225 e. The first kappa shape index (κ1) is 24.0. The molecule has 168 valence electrons. The van der Waals surface area contributed by atoms with E-state index in [9.17, 15) is 4.79 Å². The molecule has 0 aliphatic carbocycles. The Labute approximate surface area is 196 Å². The van der Waals surface area contributed by atoms with E-state index in [0.29, 0.717) is 19.0 Å². The minimum Gasteiger partial charge on any atom is -0.326 e. The predicted molar refractivity (Wildman–Crippen MR) is 134 cm³/mol. The van der Waals surface area contributed by atoms with Crippen LogP contribution in [0.3, 0.4) is 0 Å². The molecule has 3 rings (SSSR count). The number of carbonyl (C=O) groups excluding carboxylic acids is 1. The summed E-state index contributed by atoms with van der Waals surface area (Å²) in [5, 5.41) is 10.6. The number of anilines is 1. The van der Waals surface area contributed by atoms with Crippen molar-refractivity contribution in [3.63, 3.8) is 0 Å². The Morgan fingerprint density at radius 1 is 0.875 bits per heavy atom. The van der Waals surface area contributed by atoms with Crippen molar-refractivity contribution in [2.75, 3.05) is 18.4 Å². The Hall–Kier alpha value is -2.66. The van der Waals surface area contributed by atoms with Gasteiger partial charge in [-0.2, -0.15) is 0 Å². The van der Waals surface area contributed by atoms with Crippen molar-refractivity contribution in [2.45, 2.75) is 38.8 Å². The van der Waals surface area contributed by atoms with Gasteiger partial charge in [0.2, 0.25) is 5.91 Å². The van der Waals surface area contributed by atoms with Crippen LogP contribution in [0.25, 0.3) is 0 Å². The molecule has 0 aliphatic rings. The first-order valence-corrected chi connectivity index (χ1v) is 11.6. The van der Waals surface area contributed by atoms with E-state index in [2.05, 4.69) is 53.2 Å². The molecular formula is C27H32ClN3O. The van der Waals surface area contributed by atoms with Crippen LogP contribution in [0.2, 0.25) is 5.02 Å². The molecule has 0 aromatic heterocycles. The molecule has 0 saturated carbocycles. The van der Waals surface area contributed by atoms with E-state index in [1.165, 1.54) is 16.7 Å². The molecule has 32 heavy (non-hydrogen) atoms. The average Bonchev–Trinajstić information content (AvgIpc) is 2.79. The molecule has 0 fully saturated rings. The van der Waals surface area contributed by atoms with Crippen LogP contribution in [0.15, 0.2) is 78.9 Å². The third-order valence-corrected chi connectivity index (χ3v) is 5.51. The van der Waals surface area contributed by atoms with Gasteiger partial charge in [-0.3, -0.25) is 4.79 Å². The Balaban J connectivity index is 1.32. The SMILES string of the molecule is CC(Cc1ccc(NC(=O)CCNCc2ccccc2)cc1)NCCc1cccc(Cl)c1. The van der Waals surface area contributed by atoms with Gasteiger partial charge in [0, 0.05) is 36.3 Å². The van der Waals surface area contributed by atoms with Gasteiger partial charge in [0.15, 0.2) is 0 Å². The molecule has 0 heterocycles. The fourth-order valence-electron chi connectivity index (χ4n) is 3.56. The summed E-state index contributed by atoms with van der Waals surface area (Å²) >= 11 is 6.04. The molecule has 1 unspecified atom stereocenters. The Morgan fingerprint density at radius 2 is 1.62 bits per heavy atom. The van der Waals surface area contributed by atoms with Crippen LogP contribution in [-0.2, 0) is 24.2 Å². The lowest BCUT2D eigenvalue weighted by atomic mass is 10.1. The Morgan fingerprint density at radius 3 is 2.38 bits per heavy atom. The number of amides is 1. The van der Waals surface area contributed by atoms with E-state index < -0.39 is 0 Å². The van der Waals surface area contributed by atoms with Gasteiger partial charge in [-0.05, 0) is 67.3 Å². The van der Waals surface area contributed by atoms with Crippen molar-refractivity contribution in [3.8, 4) is 0 Å². The number of rotatable bonds is 12. The van der Waals surface area contributed by atoms with Gasteiger partial charge in [0.1, 0.15) is 0 Å². The minimum atomic E-state index is 0.0226. The summed E-state index contributed by atoms with van der Waals surface area (Å²) in [6.07, 6.45) is 2.34. The lowest BCUT2D eigenvalue weighted by Gasteiger charge is -2.14. The van der Waals surface area contributed by atoms with Crippen LogP contribution in [-0.4, -0.2) is 25.0 Å². The molecule has 1 amide bonds. The van der Waals surface area contributed by atoms with Gasteiger partial charge >= 0.3 is 0 Å². The molecule has 0 saturated heterocycles. The fraction of sp³-hybridized carbons (Fsp3) is 0.296. The highest BCUT2D eigenvalue weighted by atomic mass is 35.5. The molecule has 0 spiro atoms. The number of hydrogen-bond acceptors (Lipinski definition) is 3. The number of benzene rings is 3. The summed E-state index contributed by atoms with van der Waals surface area (Å²) in [4.78, 5) is 12.2. The van der Waals surface area contributed by atoms with Crippen LogP contribution >= 0.6 is 11.6 Å². The zero-order valence-electron chi connectivity index (χ0n) is 18.6. The molecule has 0 radical (unpaired) electrons. The maximum absolute atomic E-state index is 12.2. The summed E-state index contributed by atoms with van der Waals surface area (Å²) in [5.41, 5.74) is 4.54. The monoisotopic (exact) mass is 449 g/mol. The van der Waals surface area contributed by atoms with Gasteiger partial charge < -0.3 is 16.0 Å². The lowest BCUT2D eigenvalue weighted by Crippen LogP contribution is -2.30. The maximum Gasteiger partial charge on any atom is 0.225 e. The average molecular weight is 450 g/mol. The van der Waals surface area contributed by atoms with E-state index in [0.717, 1.165) is 36.6 Å². The van der Waals surface area contributed by atoms with Gasteiger partial charge in [0.25, 0.3) is 0 Å². The third-order valence-electron chi connectivity index (χ3n) is 5.28. The second-order valence-corrected chi connectivity index (χ2v) is 8.53. The Bertz CT molecular complexity index is 960. The van der Waals surface area contributed by atoms with Crippen molar-refractivity contribution in [3.05, 3.63) is 101 Å². The molecule has 3 aromatic carbocycles. The highest BCUT2D eigenvalue weighted by Crippen LogP contribution is 2.13. The topological polar surface area (TPSA) is 53.2 Å². The summed E-state index contributed by atoms with van der Waals surface area (Å²) < 4.78 is 0. The second kappa shape index (κ2) is 13.0. The van der Waals surface area contributed by atoms with Crippen LogP contribution < -0.4 is 16.0 Å². The number of nitrogens with one attached hydrogen (secondary N) is 3. The van der Waals surface area contributed by atoms with Crippen molar-refractivity contribution in [1.82, 2.24) is 10.6 Å². The zero-order chi connectivity index (χ0) is 22.6. The normalized spacial score (nSPS) is 11.8. The van der Waals surface area contributed by atoms with E-state index in [4.69, 9.17) is 11.6 Å². The van der Waals surface area contributed by atoms with Crippen molar-refractivity contribution in [2.24, 2.45) is 0 Å². The number of halogens is 1. The van der Waals surface area contributed by atoms with E-state index in [1.807, 2.05) is 48.5 Å². The quantitative estimate of drug-likeness (QED) is 0.332. The third kappa shape index (κ3) is 8.83. The Kier molecular flexibility index (Phi) is 9.76. The van der Waals surface area contributed by atoms with Crippen LogP contribution in [0, 0.1) is 0 Å². The summed E-state index contributed by atoms with van der Waals surface area (Å²) in [6.45, 7) is 4.52. The van der Waals surface area contributed by atoms with Gasteiger partial charge in [0.05, 0.1) is 0 Å². The molecule has 3 aromatic rings. The van der Waals surface area contributed by atoms with Crippen LogP contribution in [0.1, 0.15) is 30.0 Å². The molecule has 4 nitrogen and oxygen atoms in total. The van der Waals surface area contributed by atoms with Crippen molar-refractivity contribution >= 4 is 23.2 Å². The molecule has 0 aliphatic heterocycles. The summed E-state index contributed by atoms with van der Waals surface area (Å²) in [7, 11) is 0. The van der Waals surface area contributed by atoms with E-state index in [1.54, 1.807) is 0 Å². The van der Waals surface area contributed by atoms with Crippen molar-refractivity contribution in [1.29, 1.82) is 0 Å². The fourth-order valence-corrected chi connectivity index (χ4v) is 3.77. The van der Waals surface area contributed by atoms with E-state index in [-0.39, 0.29) is 5.91 Å². The summed E-state index contributed by atoms with van der Waals surface area (Å²) in [6, 6.07) is 26.7. The minimum absolute atomic E-state index is 0.0226. The molecule has 1 atom stereocenters. The highest BCUT2D eigenvalue weighted by molar-refractivity contribution is 6.30. The van der Waals surface area contributed by atoms with Crippen molar-refractivity contribution < 1.29 is 4.79 Å². The van der Waals surface area contributed by atoms with Crippen LogP contribution in [0.4, 0.5) is 5.69 Å². The molecule has 3 N–H and O–H groups in total. The molecule has 5 heteroatoms. The molecular weight excluding hydrogens is 418 g/mol. The number of hydrogen-bond donors (Lipinski definition) is 3. The largest absolute Gasteiger partial charge is 0.326 e. The highest BCUT2D eigenvalue weighted by Gasteiger charge is 2.06. The summed E-state index contributed by atoms with van der Waals surface area (Å²) in [5.74, 6) is 0.0226. The zero-order valence-corrected chi connectivity index (χ0v) is 19.4. The van der Waals surface area contributed by atoms with Gasteiger partial charge in [-0.1, -0.05) is 66.2 Å². The second-order valence-electron chi connectivity index (χ2n) is 8.10. The van der Waals surface area contributed by atoms with Gasteiger partial charge in [-0.15, -0.1) is 0 Å². The first-order chi connectivity index (χ1) is 15.6. The number of carbonyl (C=O) groups is 1.